The number of benzene rings is 1. The van der Waals surface area contributed by atoms with E-state index in [2.05, 4.69) is 4.98 Å². The van der Waals surface area contributed by atoms with E-state index in [1.54, 1.807) is 48.5 Å². The average molecular weight is 244 g/mol. The van der Waals surface area contributed by atoms with Crippen LogP contribution in [0.15, 0.2) is 42.6 Å². The molecule has 0 spiro atoms. The molecule has 0 aliphatic carbocycles. The van der Waals surface area contributed by atoms with Crippen LogP contribution in [0.4, 0.5) is 15.8 Å². The van der Waals surface area contributed by atoms with Crippen LogP contribution in [0.1, 0.15) is 5.69 Å². The second-order valence-electron chi connectivity index (χ2n) is 3.82. The number of aromatic nitrogens is 1. The lowest BCUT2D eigenvalue weighted by molar-refractivity contribution is 0.627. The van der Waals surface area contributed by atoms with Crippen LogP contribution in [0.25, 0.3) is 0 Å². The Morgan fingerprint density at radius 2 is 2.06 bits per heavy atom. The molecule has 2 rings (SSSR count). The quantitative estimate of drug-likeness (QED) is 0.643. The summed E-state index contributed by atoms with van der Waals surface area (Å²) in [4.78, 5) is 5.65. The summed E-state index contributed by atoms with van der Waals surface area (Å²) in [6, 6.07) is 9.87. The van der Waals surface area contributed by atoms with Crippen molar-refractivity contribution in [2.75, 3.05) is 11.9 Å². The number of nitrogen functional groups attached to an aromatic ring is 1. The van der Waals surface area contributed by atoms with Crippen LogP contribution in [0.2, 0.25) is 0 Å². The lowest BCUT2D eigenvalue weighted by Crippen LogP contribution is -2.16. The Hall–Kier alpha value is -2.43. The van der Waals surface area contributed by atoms with Crippen molar-refractivity contribution >= 4 is 17.2 Å². The molecule has 2 aromatic rings. The third-order valence-corrected chi connectivity index (χ3v) is 2.62. The van der Waals surface area contributed by atoms with Crippen LogP contribution >= 0.6 is 0 Å². The van der Waals surface area contributed by atoms with E-state index in [0.717, 1.165) is 5.69 Å². The van der Waals surface area contributed by atoms with E-state index in [9.17, 15) is 4.39 Å². The summed E-state index contributed by atoms with van der Waals surface area (Å²) < 4.78 is 13.7. The lowest BCUT2D eigenvalue weighted by atomic mass is 10.2. The predicted octanol–water partition coefficient (Wildman–Crippen LogP) is 2.27. The number of nitrogens with zero attached hydrogens (tertiary/aromatic N) is 2. The molecule has 0 amide bonds. The molecule has 18 heavy (non-hydrogen) atoms. The maximum atomic E-state index is 13.7. The van der Waals surface area contributed by atoms with Gasteiger partial charge in [-0.25, -0.2) is 4.39 Å². The van der Waals surface area contributed by atoms with Gasteiger partial charge in [0.15, 0.2) is 0 Å². The molecule has 3 N–H and O–H groups in total. The van der Waals surface area contributed by atoms with Crippen molar-refractivity contribution in [2.24, 2.45) is 5.73 Å². The van der Waals surface area contributed by atoms with Crippen molar-refractivity contribution in [2.45, 2.75) is 0 Å². The Labute approximate surface area is 104 Å². The summed E-state index contributed by atoms with van der Waals surface area (Å²) in [6.07, 6.45) is 1.55. The summed E-state index contributed by atoms with van der Waals surface area (Å²) in [6.45, 7) is 0. The SMILES string of the molecule is CN(c1ccnc(C(=N)N)c1)c1ccccc1F. The molecule has 0 unspecified atom stereocenters. The first kappa shape index (κ1) is 12.0. The Morgan fingerprint density at radius 3 is 2.72 bits per heavy atom. The lowest BCUT2D eigenvalue weighted by Gasteiger charge is -2.20. The van der Waals surface area contributed by atoms with Gasteiger partial charge in [-0.15, -0.1) is 0 Å². The molecule has 0 atom stereocenters. The minimum absolute atomic E-state index is 0.112. The molecule has 0 aliphatic rings. The molecular formula is C13H13FN4. The summed E-state index contributed by atoms with van der Waals surface area (Å²) >= 11 is 0. The average Bonchev–Trinajstić information content (AvgIpc) is 2.38. The van der Waals surface area contributed by atoms with Crippen molar-refractivity contribution in [3.05, 3.63) is 54.1 Å². The Morgan fingerprint density at radius 1 is 1.33 bits per heavy atom. The first-order chi connectivity index (χ1) is 8.59. The van der Waals surface area contributed by atoms with Crippen molar-refractivity contribution in [1.82, 2.24) is 4.98 Å². The second-order valence-corrected chi connectivity index (χ2v) is 3.82. The molecular weight excluding hydrogens is 231 g/mol. The van der Waals surface area contributed by atoms with Gasteiger partial charge in [0, 0.05) is 18.9 Å². The number of halogens is 1. The largest absolute Gasteiger partial charge is 0.382 e. The topological polar surface area (TPSA) is 66.0 Å². The number of amidine groups is 1. The molecule has 1 aromatic heterocycles. The highest BCUT2D eigenvalue weighted by molar-refractivity contribution is 5.94. The van der Waals surface area contributed by atoms with E-state index in [-0.39, 0.29) is 11.7 Å². The first-order valence-corrected chi connectivity index (χ1v) is 5.38. The normalized spacial score (nSPS) is 10.1. The van der Waals surface area contributed by atoms with E-state index in [0.29, 0.717) is 11.4 Å². The molecule has 0 radical (unpaired) electrons. The van der Waals surface area contributed by atoms with Gasteiger partial charge in [-0.1, -0.05) is 12.1 Å². The molecule has 1 aromatic carbocycles. The van der Waals surface area contributed by atoms with Crippen LogP contribution in [0.5, 0.6) is 0 Å². The number of nitrogens with one attached hydrogen (secondary N) is 1. The standard InChI is InChI=1S/C13H13FN4/c1-18(12-5-3-2-4-10(12)14)9-6-7-17-11(8-9)13(15)16/h2-8H,1H3,(H3,15,16). The number of anilines is 2. The van der Waals surface area contributed by atoms with Crippen LogP contribution in [-0.4, -0.2) is 17.9 Å². The molecule has 1 heterocycles. The molecule has 0 saturated carbocycles. The van der Waals surface area contributed by atoms with Gasteiger partial charge in [0.05, 0.1) is 5.69 Å². The summed E-state index contributed by atoms with van der Waals surface area (Å²) in [7, 11) is 1.75. The van der Waals surface area contributed by atoms with E-state index in [1.165, 1.54) is 6.07 Å². The number of para-hydroxylation sites is 1. The van der Waals surface area contributed by atoms with Gasteiger partial charge < -0.3 is 10.6 Å². The number of hydrogen-bond donors (Lipinski definition) is 2. The zero-order valence-corrected chi connectivity index (χ0v) is 9.89. The van der Waals surface area contributed by atoms with Crippen LogP contribution < -0.4 is 10.6 Å². The number of pyridine rings is 1. The maximum absolute atomic E-state index is 13.7. The minimum Gasteiger partial charge on any atom is -0.382 e. The molecule has 4 nitrogen and oxygen atoms in total. The van der Waals surface area contributed by atoms with E-state index >= 15 is 0 Å². The smallest absolute Gasteiger partial charge is 0.146 e. The molecule has 0 bridgehead atoms. The summed E-state index contributed by atoms with van der Waals surface area (Å²) in [5.74, 6) is -0.417. The van der Waals surface area contributed by atoms with Crippen LogP contribution in [0.3, 0.4) is 0 Å². The van der Waals surface area contributed by atoms with Gasteiger partial charge in [0.1, 0.15) is 17.3 Å². The van der Waals surface area contributed by atoms with Crippen LogP contribution in [0, 0.1) is 11.2 Å². The summed E-state index contributed by atoms with van der Waals surface area (Å²) in [5.41, 5.74) is 6.93. The van der Waals surface area contributed by atoms with Gasteiger partial charge in [-0.3, -0.25) is 10.4 Å². The molecule has 0 aliphatic heterocycles. The van der Waals surface area contributed by atoms with Crippen molar-refractivity contribution in [1.29, 1.82) is 5.41 Å². The molecule has 0 fully saturated rings. The van der Waals surface area contributed by atoms with Gasteiger partial charge in [0.25, 0.3) is 0 Å². The highest BCUT2D eigenvalue weighted by atomic mass is 19.1. The number of nitrogens with two attached hydrogens (primary N) is 1. The Balaban J connectivity index is 2.40. The zero-order chi connectivity index (χ0) is 13.1. The second kappa shape index (κ2) is 4.83. The maximum Gasteiger partial charge on any atom is 0.146 e. The zero-order valence-electron chi connectivity index (χ0n) is 9.89. The third-order valence-electron chi connectivity index (χ3n) is 2.62. The monoisotopic (exact) mass is 244 g/mol. The predicted molar refractivity (Wildman–Crippen MR) is 69.7 cm³/mol. The fourth-order valence-corrected chi connectivity index (χ4v) is 1.64. The first-order valence-electron chi connectivity index (χ1n) is 5.38. The van der Waals surface area contributed by atoms with Gasteiger partial charge in [-0.2, -0.15) is 0 Å². The molecule has 5 heteroatoms. The minimum atomic E-state index is -0.304. The van der Waals surface area contributed by atoms with Crippen molar-refractivity contribution in [3.63, 3.8) is 0 Å². The number of rotatable bonds is 3. The summed E-state index contributed by atoms with van der Waals surface area (Å²) in [5, 5.41) is 7.34. The van der Waals surface area contributed by atoms with E-state index in [1.807, 2.05) is 0 Å². The highest BCUT2D eigenvalue weighted by Gasteiger charge is 2.10. The fraction of sp³-hybridized carbons (Fsp3) is 0.0769. The molecule has 0 saturated heterocycles. The van der Waals surface area contributed by atoms with E-state index < -0.39 is 0 Å². The highest BCUT2D eigenvalue weighted by Crippen LogP contribution is 2.25. The Bertz CT molecular complexity index is 583. The van der Waals surface area contributed by atoms with Gasteiger partial charge >= 0.3 is 0 Å². The van der Waals surface area contributed by atoms with Crippen molar-refractivity contribution < 1.29 is 4.39 Å². The van der Waals surface area contributed by atoms with Gasteiger partial charge in [0.2, 0.25) is 0 Å². The Kier molecular flexibility index (Phi) is 3.23. The van der Waals surface area contributed by atoms with Crippen molar-refractivity contribution in [3.8, 4) is 0 Å². The fourth-order valence-electron chi connectivity index (χ4n) is 1.64. The van der Waals surface area contributed by atoms with Gasteiger partial charge in [-0.05, 0) is 24.3 Å². The molecule has 92 valence electrons. The van der Waals surface area contributed by atoms with E-state index in [4.69, 9.17) is 11.1 Å². The number of hydrogen-bond acceptors (Lipinski definition) is 3. The third kappa shape index (κ3) is 2.29. The van der Waals surface area contributed by atoms with Crippen LogP contribution in [-0.2, 0) is 0 Å².